The highest BCUT2D eigenvalue weighted by Crippen LogP contribution is 2.66. The third-order valence-corrected chi connectivity index (χ3v) is 9.18. The number of allylic oxidation sites excluding steroid dienone is 5. The lowest BCUT2D eigenvalue weighted by atomic mass is 9.51. The fourth-order valence-corrected chi connectivity index (χ4v) is 7.49. The van der Waals surface area contributed by atoms with Crippen LogP contribution in [-0.4, -0.2) is 30.6 Å². The number of hydrogen-bond donors (Lipinski definition) is 1. The molecule has 0 aromatic heterocycles. The van der Waals surface area contributed by atoms with Gasteiger partial charge in [-0.15, -0.1) is 0 Å². The van der Waals surface area contributed by atoms with E-state index in [0.717, 1.165) is 32.1 Å². The van der Waals surface area contributed by atoms with Gasteiger partial charge in [-0.05, 0) is 79.7 Å². The van der Waals surface area contributed by atoms with Crippen LogP contribution >= 0.6 is 0 Å². The van der Waals surface area contributed by atoms with Crippen molar-refractivity contribution in [2.45, 2.75) is 70.3 Å². The number of carbonyl (C=O) groups is 1. The van der Waals surface area contributed by atoms with Gasteiger partial charge in [0.25, 0.3) is 0 Å². The lowest BCUT2D eigenvalue weighted by molar-refractivity contribution is -0.118. The average Bonchev–Trinajstić information content (AvgIpc) is 3.03. The van der Waals surface area contributed by atoms with E-state index in [1.54, 1.807) is 5.57 Å². The van der Waals surface area contributed by atoms with Crippen LogP contribution in [-0.2, 0) is 4.79 Å². The molecule has 3 fully saturated rings. The van der Waals surface area contributed by atoms with Crippen LogP contribution in [0.4, 0.5) is 5.69 Å². The van der Waals surface area contributed by atoms with Gasteiger partial charge >= 0.3 is 0 Å². The van der Waals surface area contributed by atoms with Crippen molar-refractivity contribution in [3.63, 3.8) is 0 Å². The smallest absolute Gasteiger partial charge is 0.137 e. The number of carbonyl (C=O) groups excluding carboxylic acids is 1. The summed E-state index contributed by atoms with van der Waals surface area (Å²) in [5.41, 5.74) is 6.06. The quantitative estimate of drug-likeness (QED) is 0.600. The molecular weight excluding hydrogens is 394 g/mol. The van der Waals surface area contributed by atoms with Crippen LogP contribution < -0.4 is 4.90 Å². The maximum Gasteiger partial charge on any atom is 0.137 e. The summed E-state index contributed by atoms with van der Waals surface area (Å²) in [6.45, 7) is 4.37. The van der Waals surface area contributed by atoms with Gasteiger partial charge in [0.05, 0.1) is 5.60 Å². The maximum atomic E-state index is 12.2. The van der Waals surface area contributed by atoms with Crippen LogP contribution in [0.3, 0.4) is 0 Å². The summed E-state index contributed by atoms with van der Waals surface area (Å²) in [5, 5.41) is 11.8. The molecular formula is C29H37NO2. The van der Waals surface area contributed by atoms with Gasteiger partial charge in [-0.2, -0.15) is 0 Å². The minimum absolute atomic E-state index is 0.144. The number of anilines is 1. The van der Waals surface area contributed by atoms with Crippen LogP contribution in [0.15, 0.2) is 59.2 Å². The molecule has 0 saturated heterocycles. The van der Waals surface area contributed by atoms with Crippen molar-refractivity contribution in [3.8, 4) is 0 Å². The molecule has 0 aliphatic heterocycles. The molecule has 0 amide bonds. The Kier molecular flexibility index (Phi) is 5.24. The first-order chi connectivity index (χ1) is 15.3. The number of aliphatic hydroxyl groups is 1. The van der Waals surface area contributed by atoms with Gasteiger partial charge in [-0.25, -0.2) is 0 Å². The van der Waals surface area contributed by atoms with Crippen molar-refractivity contribution < 1.29 is 9.90 Å². The lowest BCUT2D eigenvalue weighted by Gasteiger charge is -2.54. The van der Waals surface area contributed by atoms with Crippen molar-refractivity contribution in [1.82, 2.24) is 0 Å². The molecule has 1 aromatic rings. The Balaban J connectivity index is 1.64. The molecule has 1 N–H and O–H groups in total. The largest absolute Gasteiger partial charge is 0.385 e. The Hall–Kier alpha value is -2.13. The van der Waals surface area contributed by atoms with Crippen molar-refractivity contribution in [1.29, 1.82) is 0 Å². The van der Waals surface area contributed by atoms with Crippen LogP contribution in [0.5, 0.6) is 0 Å². The Morgan fingerprint density at radius 1 is 1.16 bits per heavy atom. The van der Waals surface area contributed by atoms with E-state index in [1.807, 2.05) is 13.0 Å². The number of ketones is 1. The normalized spacial score (nSPS) is 36.6. The van der Waals surface area contributed by atoms with Crippen molar-refractivity contribution in [3.05, 3.63) is 64.8 Å². The average molecular weight is 432 g/mol. The van der Waals surface area contributed by atoms with E-state index >= 15 is 0 Å². The van der Waals surface area contributed by atoms with Gasteiger partial charge in [0, 0.05) is 44.0 Å². The van der Waals surface area contributed by atoms with Gasteiger partial charge in [-0.3, -0.25) is 4.79 Å². The second-order valence-electron chi connectivity index (χ2n) is 11.0. The zero-order chi connectivity index (χ0) is 22.7. The molecule has 3 saturated carbocycles. The highest BCUT2D eigenvalue weighted by atomic mass is 16.3. The van der Waals surface area contributed by atoms with Crippen LogP contribution in [0.2, 0.25) is 0 Å². The number of rotatable bonds is 3. The minimum Gasteiger partial charge on any atom is -0.385 e. The molecule has 5 atom stereocenters. The molecule has 0 bridgehead atoms. The molecule has 3 heteroatoms. The van der Waals surface area contributed by atoms with Crippen molar-refractivity contribution >= 4 is 11.5 Å². The Bertz CT molecular complexity index is 1010. The fraction of sp³-hybridized carbons (Fsp3) is 0.552. The van der Waals surface area contributed by atoms with E-state index in [1.165, 1.54) is 22.4 Å². The van der Waals surface area contributed by atoms with Gasteiger partial charge < -0.3 is 10.0 Å². The molecule has 4 aliphatic carbocycles. The molecule has 0 radical (unpaired) electrons. The van der Waals surface area contributed by atoms with Crippen LogP contribution in [0, 0.1) is 17.3 Å². The predicted octanol–water partition coefficient (Wildman–Crippen LogP) is 5.96. The summed E-state index contributed by atoms with van der Waals surface area (Å²) in [5.74, 6) is 1.64. The number of nitrogens with zero attached hydrogens (tertiary/aromatic N) is 1. The first-order valence-corrected chi connectivity index (χ1v) is 12.3. The van der Waals surface area contributed by atoms with E-state index in [9.17, 15) is 9.90 Å². The van der Waals surface area contributed by atoms with E-state index < -0.39 is 5.60 Å². The first kappa shape index (κ1) is 21.7. The molecule has 170 valence electrons. The van der Waals surface area contributed by atoms with Crippen LogP contribution in [0.1, 0.15) is 70.3 Å². The number of benzene rings is 1. The van der Waals surface area contributed by atoms with Gasteiger partial charge in [0.1, 0.15) is 5.78 Å². The van der Waals surface area contributed by atoms with Crippen LogP contribution in [0.25, 0.3) is 0 Å². The highest BCUT2D eigenvalue weighted by Gasteiger charge is 2.61. The molecule has 0 heterocycles. The van der Waals surface area contributed by atoms with Gasteiger partial charge in [0.2, 0.25) is 0 Å². The first-order valence-electron chi connectivity index (χ1n) is 12.3. The Morgan fingerprint density at radius 2 is 1.91 bits per heavy atom. The predicted molar refractivity (Wildman–Crippen MR) is 131 cm³/mol. The summed E-state index contributed by atoms with van der Waals surface area (Å²) in [6.07, 6.45) is 12.6. The second-order valence-corrected chi connectivity index (χ2v) is 11.0. The topological polar surface area (TPSA) is 40.5 Å². The zero-order valence-corrected chi connectivity index (χ0v) is 20.0. The third kappa shape index (κ3) is 3.15. The molecule has 1 aromatic carbocycles. The minimum atomic E-state index is -0.739. The van der Waals surface area contributed by atoms with Gasteiger partial charge in [0.15, 0.2) is 0 Å². The van der Waals surface area contributed by atoms with E-state index in [-0.39, 0.29) is 5.41 Å². The van der Waals surface area contributed by atoms with E-state index in [4.69, 9.17) is 0 Å². The number of fused-ring (bicyclic) bond motifs is 4. The summed E-state index contributed by atoms with van der Waals surface area (Å²) in [6, 6.07) is 9.04. The standard InChI is InChI=1S/C29H37NO2/c1-5-15-29(32)16-14-26-24-12-8-20-17-22(31)11-13-23(20)27(24)25(18-28(26,29)2)19-6-9-21(10-7-19)30(3)4/h5-10,15,24-26,32H,11-14,16-18H2,1-4H3/t24?,25?,26?,28-,29-/m0/s1. The SMILES string of the molecule is CC=C[C@]1(O)CCC2C3CC=C4CC(=O)CCC4=C3C(c3ccc(N(C)C)cc3)C[C@@]21C. The zero-order valence-electron chi connectivity index (χ0n) is 20.0. The Labute approximate surface area is 192 Å². The van der Waals surface area contributed by atoms with Crippen molar-refractivity contribution in [2.24, 2.45) is 17.3 Å². The molecule has 0 spiro atoms. The molecule has 32 heavy (non-hydrogen) atoms. The highest BCUT2D eigenvalue weighted by molar-refractivity contribution is 5.84. The molecule has 5 rings (SSSR count). The molecule has 4 aliphatic rings. The molecule has 3 unspecified atom stereocenters. The summed E-state index contributed by atoms with van der Waals surface area (Å²) in [4.78, 5) is 14.4. The van der Waals surface area contributed by atoms with E-state index in [0.29, 0.717) is 36.4 Å². The van der Waals surface area contributed by atoms with E-state index in [2.05, 4.69) is 62.3 Å². The van der Waals surface area contributed by atoms with Crippen molar-refractivity contribution in [2.75, 3.05) is 19.0 Å². The second kappa shape index (κ2) is 7.73. The lowest BCUT2D eigenvalue weighted by Crippen LogP contribution is -2.50. The summed E-state index contributed by atoms with van der Waals surface area (Å²) in [7, 11) is 4.16. The summed E-state index contributed by atoms with van der Waals surface area (Å²) >= 11 is 0. The molecule has 3 nitrogen and oxygen atoms in total. The summed E-state index contributed by atoms with van der Waals surface area (Å²) < 4.78 is 0. The number of hydrogen-bond acceptors (Lipinski definition) is 3. The maximum absolute atomic E-state index is 12.2. The third-order valence-electron chi connectivity index (χ3n) is 9.18. The van der Waals surface area contributed by atoms with Gasteiger partial charge in [-0.1, -0.05) is 42.9 Å². The Morgan fingerprint density at radius 3 is 2.59 bits per heavy atom. The fourth-order valence-electron chi connectivity index (χ4n) is 7.49. The number of Topliss-reactive ketones (excluding diaryl/α,β-unsaturated/α-hetero) is 1. The monoisotopic (exact) mass is 431 g/mol.